The summed E-state index contributed by atoms with van der Waals surface area (Å²) in [6.07, 6.45) is 2.72. The normalized spacial score (nSPS) is 9.95. The Morgan fingerprint density at radius 2 is 2.00 bits per heavy atom. The number of nitrogens with zero attached hydrogens (tertiary/aromatic N) is 2. The van der Waals surface area contributed by atoms with Gasteiger partial charge in [-0.3, -0.25) is 4.79 Å². The summed E-state index contributed by atoms with van der Waals surface area (Å²) in [5.41, 5.74) is 11.4. The van der Waals surface area contributed by atoms with Crippen molar-refractivity contribution in [2.45, 2.75) is 0 Å². The molecular formula is C12H12N4O3. The van der Waals surface area contributed by atoms with Crippen LogP contribution in [0.15, 0.2) is 30.7 Å². The third kappa shape index (κ3) is 2.89. The quantitative estimate of drug-likeness (QED) is 0.846. The largest absolute Gasteiger partial charge is 0.497 e. The molecule has 0 saturated heterocycles. The molecule has 0 saturated carbocycles. The van der Waals surface area contributed by atoms with Crippen molar-refractivity contribution in [1.82, 2.24) is 9.97 Å². The van der Waals surface area contributed by atoms with E-state index in [4.69, 9.17) is 20.9 Å². The number of hydrogen-bond donors (Lipinski definition) is 2. The second kappa shape index (κ2) is 5.21. The minimum absolute atomic E-state index is 0.193. The molecule has 0 aliphatic rings. The van der Waals surface area contributed by atoms with E-state index < -0.39 is 5.91 Å². The van der Waals surface area contributed by atoms with Crippen LogP contribution in [0.2, 0.25) is 0 Å². The Labute approximate surface area is 109 Å². The first-order valence-electron chi connectivity index (χ1n) is 5.32. The Morgan fingerprint density at radius 3 is 2.63 bits per heavy atom. The lowest BCUT2D eigenvalue weighted by atomic mass is 10.2. The van der Waals surface area contributed by atoms with Crippen LogP contribution >= 0.6 is 0 Å². The molecule has 1 amide bonds. The van der Waals surface area contributed by atoms with Gasteiger partial charge in [0, 0.05) is 11.6 Å². The van der Waals surface area contributed by atoms with Crippen molar-refractivity contribution in [3.8, 4) is 17.4 Å². The topological polar surface area (TPSA) is 113 Å². The number of ether oxygens (including phenoxy) is 2. The standard InChI is InChI=1S/C12H12N4O3/c1-18-8-2-7(11(14)17)3-9(4-8)19-12-10(13)5-15-6-16-12/h2-6H,13H2,1H3,(H2,14,17). The Balaban J connectivity index is 2.37. The van der Waals surface area contributed by atoms with Crippen molar-refractivity contribution in [3.63, 3.8) is 0 Å². The van der Waals surface area contributed by atoms with E-state index in [1.165, 1.54) is 31.8 Å². The molecule has 19 heavy (non-hydrogen) atoms. The van der Waals surface area contributed by atoms with Gasteiger partial charge in [-0.2, -0.15) is 4.98 Å². The average molecular weight is 260 g/mol. The first-order chi connectivity index (χ1) is 9.10. The molecule has 1 aromatic carbocycles. The number of amides is 1. The van der Waals surface area contributed by atoms with Crippen LogP contribution in [-0.4, -0.2) is 23.0 Å². The number of carbonyl (C=O) groups excluding carboxylic acids is 1. The molecule has 2 rings (SSSR count). The van der Waals surface area contributed by atoms with E-state index in [0.29, 0.717) is 11.5 Å². The fourth-order valence-corrected chi connectivity index (χ4v) is 1.42. The van der Waals surface area contributed by atoms with E-state index in [9.17, 15) is 4.79 Å². The number of methoxy groups -OCH3 is 1. The molecule has 7 nitrogen and oxygen atoms in total. The second-order valence-electron chi connectivity index (χ2n) is 3.65. The summed E-state index contributed by atoms with van der Waals surface area (Å²) in [6.45, 7) is 0. The fourth-order valence-electron chi connectivity index (χ4n) is 1.42. The van der Waals surface area contributed by atoms with Crippen molar-refractivity contribution >= 4 is 11.6 Å². The molecule has 1 heterocycles. The van der Waals surface area contributed by atoms with E-state index in [-0.39, 0.29) is 17.1 Å². The van der Waals surface area contributed by atoms with Gasteiger partial charge in [0.05, 0.1) is 13.3 Å². The molecule has 2 aromatic rings. The van der Waals surface area contributed by atoms with Gasteiger partial charge in [0.2, 0.25) is 11.8 Å². The fraction of sp³-hybridized carbons (Fsp3) is 0.0833. The highest BCUT2D eigenvalue weighted by atomic mass is 16.5. The van der Waals surface area contributed by atoms with Gasteiger partial charge in [-0.25, -0.2) is 4.98 Å². The number of hydrogen-bond acceptors (Lipinski definition) is 6. The highest BCUT2D eigenvalue weighted by Gasteiger charge is 2.09. The van der Waals surface area contributed by atoms with Crippen LogP contribution in [0.1, 0.15) is 10.4 Å². The molecule has 98 valence electrons. The summed E-state index contributed by atoms with van der Waals surface area (Å²) in [6, 6.07) is 4.58. The van der Waals surface area contributed by atoms with Crippen molar-refractivity contribution in [3.05, 3.63) is 36.3 Å². The van der Waals surface area contributed by atoms with Crippen LogP contribution < -0.4 is 20.9 Å². The Kier molecular flexibility index (Phi) is 3.46. The number of benzene rings is 1. The van der Waals surface area contributed by atoms with Gasteiger partial charge in [0.15, 0.2) is 0 Å². The smallest absolute Gasteiger partial charge is 0.248 e. The van der Waals surface area contributed by atoms with Gasteiger partial charge in [-0.05, 0) is 12.1 Å². The van der Waals surface area contributed by atoms with Gasteiger partial charge >= 0.3 is 0 Å². The van der Waals surface area contributed by atoms with Crippen LogP contribution in [0.25, 0.3) is 0 Å². The number of primary amides is 1. The summed E-state index contributed by atoms with van der Waals surface area (Å²) < 4.78 is 10.5. The van der Waals surface area contributed by atoms with Crippen molar-refractivity contribution in [2.75, 3.05) is 12.8 Å². The van der Waals surface area contributed by atoms with Crippen LogP contribution in [-0.2, 0) is 0 Å². The average Bonchev–Trinajstić information content (AvgIpc) is 2.41. The third-order valence-electron chi connectivity index (χ3n) is 2.32. The zero-order chi connectivity index (χ0) is 13.8. The van der Waals surface area contributed by atoms with E-state index in [1.54, 1.807) is 6.07 Å². The molecule has 0 aliphatic heterocycles. The van der Waals surface area contributed by atoms with Crippen molar-refractivity contribution in [1.29, 1.82) is 0 Å². The van der Waals surface area contributed by atoms with Crippen LogP contribution in [0.5, 0.6) is 17.4 Å². The number of aromatic nitrogens is 2. The third-order valence-corrected chi connectivity index (χ3v) is 2.32. The van der Waals surface area contributed by atoms with E-state index >= 15 is 0 Å². The zero-order valence-electron chi connectivity index (χ0n) is 10.2. The lowest BCUT2D eigenvalue weighted by molar-refractivity contribution is 0.0999. The molecule has 0 aliphatic carbocycles. The summed E-state index contributed by atoms with van der Waals surface area (Å²) in [5, 5.41) is 0. The monoisotopic (exact) mass is 260 g/mol. The van der Waals surface area contributed by atoms with Gasteiger partial charge in [-0.1, -0.05) is 0 Å². The molecule has 1 aromatic heterocycles. The van der Waals surface area contributed by atoms with Gasteiger partial charge in [-0.15, -0.1) is 0 Å². The molecular weight excluding hydrogens is 248 g/mol. The number of rotatable bonds is 4. The SMILES string of the molecule is COc1cc(Oc2ncncc2N)cc(C(N)=O)c1. The number of anilines is 1. The van der Waals surface area contributed by atoms with Crippen molar-refractivity contribution < 1.29 is 14.3 Å². The predicted molar refractivity (Wildman–Crippen MR) is 68.0 cm³/mol. The highest BCUT2D eigenvalue weighted by molar-refractivity contribution is 5.93. The first-order valence-corrected chi connectivity index (χ1v) is 5.32. The molecule has 0 spiro atoms. The van der Waals surface area contributed by atoms with Crippen LogP contribution in [0, 0.1) is 0 Å². The molecule has 0 atom stereocenters. The lowest BCUT2D eigenvalue weighted by Crippen LogP contribution is -2.11. The molecule has 4 N–H and O–H groups in total. The minimum atomic E-state index is -0.584. The minimum Gasteiger partial charge on any atom is -0.497 e. The molecule has 0 fully saturated rings. The number of carbonyl (C=O) groups is 1. The maximum atomic E-state index is 11.2. The van der Waals surface area contributed by atoms with Gasteiger partial charge in [0.25, 0.3) is 0 Å². The van der Waals surface area contributed by atoms with E-state index in [0.717, 1.165) is 0 Å². The Bertz CT molecular complexity index is 616. The molecule has 0 radical (unpaired) electrons. The van der Waals surface area contributed by atoms with Gasteiger partial charge in [0.1, 0.15) is 23.5 Å². The number of nitrogen functional groups attached to an aromatic ring is 1. The predicted octanol–water partition coefficient (Wildman–Crippen LogP) is 0.959. The van der Waals surface area contributed by atoms with Gasteiger partial charge < -0.3 is 20.9 Å². The maximum Gasteiger partial charge on any atom is 0.248 e. The van der Waals surface area contributed by atoms with Crippen LogP contribution in [0.4, 0.5) is 5.69 Å². The zero-order valence-corrected chi connectivity index (χ0v) is 10.2. The maximum absolute atomic E-state index is 11.2. The number of nitrogens with two attached hydrogens (primary N) is 2. The second-order valence-corrected chi connectivity index (χ2v) is 3.65. The summed E-state index contributed by atoms with van der Waals surface area (Å²) in [4.78, 5) is 18.8. The Morgan fingerprint density at radius 1 is 1.26 bits per heavy atom. The molecule has 7 heteroatoms. The van der Waals surface area contributed by atoms with E-state index in [1.807, 2.05) is 0 Å². The summed E-state index contributed by atoms with van der Waals surface area (Å²) >= 11 is 0. The molecule has 0 bridgehead atoms. The van der Waals surface area contributed by atoms with E-state index in [2.05, 4.69) is 9.97 Å². The lowest BCUT2D eigenvalue weighted by Gasteiger charge is -2.09. The summed E-state index contributed by atoms with van der Waals surface area (Å²) in [7, 11) is 1.48. The van der Waals surface area contributed by atoms with Crippen LogP contribution in [0.3, 0.4) is 0 Å². The first kappa shape index (κ1) is 12.6. The summed E-state index contributed by atoms with van der Waals surface area (Å²) in [5.74, 6) is 0.399. The Hall–Kier alpha value is -2.83. The highest BCUT2D eigenvalue weighted by Crippen LogP contribution is 2.28. The molecule has 0 unspecified atom stereocenters. The van der Waals surface area contributed by atoms with Crippen molar-refractivity contribution in [2.24, 2.45) is 5.73 Å².